The van der Waals surface area contributed by atoms with Gasteiger partial charge in [-0.05, 0) is 64.4 Å². The molecule has 0 aliphatic carbocycles. The minimum absolute atomic E-state index is 0.464. The van der Waals surface area contributed by atoms with Gasteiger partial charge in [-0.3, -0.25) is 9.36 Å². The molecule has 0 fully saturated rings. The molecule has 2 aromatic carbocycles. The van der Waals surface area contributed by atoms with Gasteiger partial charge in [-0.25, -0.2) is 0 Å². The fraction of sp³-hybridized carbons (Fsp3) is 0.105. The van der Waals surface area contributed by atoms with E-state index >= 15 is 0 Å². The van der Waals surface area contributed by atoms with E-state index in [-0.39, 0.29) is 0 Å². The summed E-state index contributed by atoms with van der Waals surface area (Å²) >= 11 is 19.4. The van der Waals surface area contributed by atoms with Crippen molar-refractivity contribution in [2.75, 3.05) is 6.66 Å². The van der Waals surface area contributed by atoms with Crippen LogP contribution >= 0.6 is 53.5 Å². The molecule has 1 heterocycles. The summed E-state index contributed by atoms with van der Waals surface area (Å²) in [6, 6.07) is 10.2. The topological polar surface area (TPSA) is 66.4 Å². The second kappa shape index (κ2) is 8.58. The highest BCUT2D eigenvalue weighted by molar-refractivity contribution is 7.58. The Bertz CT molecular complexity index is 1100. The second-order valence-electron chi connectivity index (χ2n) is 6.22. The van der Waals surface area contributed by atoms with Crippen LogP contribution in [-0.2, 0) is 9.36 Å². The van der Waals surface area contributed by atoms with Crippen molar-refractivity contribution >= 4 is 75.6 Å². The zero-order chi connectivity index (χ0) is 20.5. The van der Waals surface area contributed by atoms with Gasteiger partial charge >= 0.3 is 0 Å². The first-order chi connectivity index (χ1) is 13.1. The molecule has 3 rings (SSSR count). The van der Waals surface area contributed by atoms with Crippen molar-refractivity contribution in [3.05, 3.63) is 74.2 Å². The summed E-state index contributed by atoms with van der Waals surface area (Å²) in [5.74, 6) is -0.586. The smallest absolute Gasteiger partial charge is 0.241 e. The van der Waals surface area contributed by atoms with Gasteiger partial charge in [-0.1, -0.05) is 34.8 Å². The largest absolute Gasteiger partial charge is 0.344 e. The molecule has 0 aliphatic heterocycles. The maximum Gasteiger partial charge on any atom is 0.241 e. The number of rotatable bonds is 5. The molecule has 146 valence electrons. The SMILES string of the molecule is CP(=O)(O)C(C(=O)NC=Cc1cc(Cl)cc(Cl)c1)c1csc2ccc(Cl)cc12. The van der Waals surface area contributed by atoms with Crippen LogP contribution in [0.4, 0.5) is 0 Å². The van der Waals surface area contributed by atoms with Crippen LogP contribution in [0.2, 0.25) is 15.1 Å². The van der Waals surface area contributed by atoms with Gasteiger partial charge in [0.2, 0.25) is 13.3 Å². The molecule has 3 aromatic rings. The zero-order valence-electron chi connectivity index (χ0n) is 14.5. The number of amides is 1. The lowest BCUT2D eigenvalue weighted by molar-refractivity contribution is -0.120. The Morgan fingerprint density at radius 1 is 1.14 bits per heavy atom. The second-order valence-corrected chi connectivity index (χ2v) is 10.8. The van der Waals surface area contributed by atoms with Crippen LogP contribution in [-0.4, -0.2) is 17.5 Å². The number of fused-ring (bicyclic) bond motifs is 1. The molecular weight excluding hydrogens is 460 g/mol. The Kier molecular flexibility index (Phi) is 6.55. The van der Waals surface area contributed by atoms with Crippen molar-refractivity contribution in [1.29, 1.82) is 0 Å². The standard InChI is InChI=1S/C19H15Cl3NO3PS/c1-27(25,26)18(16-10-28-17-3-2-12(20)9-15(16)17)19(24)23-5-4-11-6-13(21)8-14(22)7-11/h2-10,18H,1H3,(H,23,24)(H,25,26). The molecular formula is C19H15Cl3NO3PS. The highest BCUT2D eigenvalue weighted by atomic mass is 35.5. The van der Waals surface area contributed by atoms with Crippen LogP contribution < -0.4 is 5.32 Å². The van der Waals surface area contributed by atoms with E-state index in [2.05, 4.69) is 5.32 Å². The van der Waals surface area contributed by atoms with E-state index in [1.807, 2.05) is 6.07 Å². The predicted molar refractivity (Wildman–Crippen MR) is 119 cm³/mol. The molecule has 9 heteroatoms. The van der Waals surface area contributed by atoms with Crippen LogP contribution in [0.3, 0.4) is 0 Å². The summed E-state index contributed by atoms with van der Waals surface area (Å²) in [6.07, 6.45) is 3.00. The maximum atomic E-state index is 12.8. The molecule has 28 heavy (non-hydrogen) atoms. The van der Waals surface area contributed by atoms with E-state index in [1.165, 1.54) is 24.2 Å². The normalized spacial score (nSPS) is 14.9. The summed E-state index contributed by atoms with van der Waals surface area (Å²) in [4.78, 5) is 23.0. The van der Waals surface area contributed by atoms with Gasteiger partial charge in [0.25, 0.3) is 0 Å². The third kappa shape index (κ3) is 4.98. The average molecular weight is 475 g/mol. The molecule has 1 amide bonds. The summed E-state index contributed by atoms with van der Waals surface area (Å²) < 4.78 is 13.4. The van der Waals surface area contributed by atoms with Crippen LogP contribution in [0.25, 0.3) is 16.2 Å². The molecule has 2 atom stereocenters. The van der Waals surface area contributed by atoms with E-state index in [1.54, 1.807) is 41.8 Å². The van der Waals surface area contributed by atoms with Crippen LogP contribution in [0.15, 0.2) is 48.0 Å². The molecule has 2 unspecified atom stereocenters. The number of thiophene rings is 1. The Balaban J connectivity index is 1.89. The molecule has 0 bridgehead atoms. The van der Waals surface area contributed by atoms with Gasteiger partial charge in [0.1, 0.15) is 5.66 Å². The number of carbonyl (C=O) groups excluding carboxylic acids is 1. The minimum Gasteiger partial charge on any atom is -0.344 e. The monoisotopic (exact) mass is 473 g/mol. The quantitative estimate of drug-likeness (QED) is 0.410. The highest BCUT2D eigenvalue weighted by Gasteiger charge is 2.36. The van der Waals surface area contributed by atoms with Crippen molar-refractivity contribution in [1.82, 2.24) is 5.32 Å². The van der Waals surface area contributed by atoms with Crippen molar-refractivity contribution in [3.63, 3.8) is 0 Å². The number of halogens is 3. The van der Waals surface area contributed by atoms with Gasteiger partial charge in [0.15, 0.2) is 0 Å². The lowest BCUT2D eigenvalue weighted by Crippen LogP contribution is -2.25. The Morgan fingerprint density at radius 2 is 1.82 bits per heavy atom. The highest BCUT2D eigenvalue weighted by Crippen LogP contribution is 2.54. The van der Waals surface area contributed by atoms with Crippen LogP contribution in [0.5, 0.6) is 0 Å². The first-order valence-corrected chi connectivity index (χ1v) is 12.2. The fourth-order valence-electron chi connectivity index (χ4n) is 2.82. The van der Waals surface area contributed by atoms with E-state index < -0.39 is 18.9 Å². The molecule has 0 saturated carbocycles. The van der Waals surface area contributed by atoms with Gasteiger partial charge < -0.3 is 10.2 Å². The van der Waals surface area contributed by atoms with Gasteiger partial charge in [0.05, 0.1) is 0 Å². The minimum atomic E-state index is -3.79. The molecule has 0 radical (unpaired) electrons. The number of benzene rings is 2. The number of carbonyl (C=O) groups is 1. The molecule has 1 aromatic heterocycles. The first-order valence-electron chi connectivity index (χ1n) is 8.05. The molecule has 4 nitrogen and oxygen atoms in total. The van der Waals surface area contributed by atoms with Crippen molar-refractivity contribution < 1.29 is 14.3 Å². The van der Waals surface area contributed by atoms with E-state index in [4.69, 9.17) is 34.8 Å². The number of hydrogen-bond donors (Lipinski definition) is 2. The average Bonchev–Trinajstić information content (AvgIpc) is 2.95. The summed E-state index contributed by atoms with van der Waals surface area (Å²) in [5, 5.41) is 6.41. The Hall–Kier alpha value is -1.33. The van der Waals surface area contributed by atoms with E-state index in [0.29, 0.717) is 31.6 Å². The molecule has 0 spiro atoms. The van der Waals surface area contributed by atoms with Crippen LogP contribution in [0, 0.1) is 0 Å². The molecule has 0 saturated heterocycles. The predicted octanol–water partition coefficient (Wildman–Crippen LogP) is 6.59. The lowest BCUT2D eigenvalue weighted by Gasteiger charge is -2.18. The van der Waals surface area contributed by atoms with Crippen molar-refractivity contribution in [2.24, 2.45) is 0 Å². The molecule has 2 N–H and O–H groups in total. The third-order valence-corrected chi connectivity index (χ3v) is 7.10. The third-order valence-electron chi connectivity index (χ3n) is 3.97. The van der Waals surface area contributed by atoms with Crippen LogP contribution in [0.1, 0.15) is 16.8 Å². The van der Waals surface area contributed by atoms with Gasteiger partial charge in [-0.2, -0.15) is 0 Å². The summed E-state index contributed by atoms with van der Waals surface area (Å²) in [6.45, 7) is 1.17. The first kappa shape index (κ1) is 21.4. The Morgan fingerprint density at radius 3 is 2.46 bits per heavy atom. The fourth-order valence-corrected chi connectivity index (χ4v) is 5.84. The summed E-state index contributed by atoms with van der Waals surface area (Å²) in [7, 11) is -3.79. The van der Waals surface area contributed by atoms with E-state index in [0.717, 1.165) is 4.70 Å². The number of hydrogen-bond acceptors (Lipinski definition) is 3. The van der Waals surface area contributed by atoms with E-state index in [9.17, 15) is 14.3 Å². The van der Waals surface area contributed by atoms with Crippen molar-refractivity contribution in [3.8, 4) is 0 Å². The summed E-state index contributed by atoms with van der Waals surface area (Å²) in [5.41, 5.74) is -0.0503. The lowest BCUT2D eigenvalue weighted by atomic mass is 10.1. The zero-order valence-corrected chi connectivity index (χ0v) is 18.5. The Labute approximate surface area is 181 Å². The molecule has 0 aliphatic rings. The van der Waals surface area contributed by atoms with Gasteiger partial charge in [0, 0.05) is 32.6 Å². The van der Waals surface area contributed by atoms with Gasteiger partial charge in [-0.15, -0.1) is 11.3 Å². The number of nitrogens with one attached hydrogen (secondary N) is 1. The van der Waals surface area contributed by atoms with Crippen molar-refractivity contribution in [2.45, 2.75) is 5.66 Å². The maximum absolute atomic E-state index is 12.8.